The van der Waals surface area contributed by atoms with Crippen molar-refractivity contribution in [2.24, 2.45) is 0 Å². The molecule has 0 saturated carbocycles. The fourth-order valence-corrected chi connectivity index (χ4v) is 1.80. The number of carbonyl (C=O) groups excluding carboxylic acids is 1. The molecule has 0 aliphatic heterocycles. The zero-order valence-electron chi connectivity index (χ0n) is 9.17. The van der Waals surface area contributed by atoms with Crippen molar-refractivity contribution in [3.05, 3.63) is 34.6 Å². The summed E-state index contributed by atoms with van der Waals surface area (Å²) in [6.07, 6.45) is 0. The molecule has 0 radical (unpaired) electrons. The predicted octanol–water partition coefficient (Wildman–Crippen LogP) is 2.62. The number of benzene rings is 1. The molecule has 1 rings (SSSR count). The Balaban J connectivity index is 2.58. The Kier molecular flexibility index (Phi) is 5.88. The first-order chi connectivity index (χ1) is 8.04. The average Bonchev–Trinajstić information content (AvgIpc) is 2.26. The minimum Gasteiger partial charge on any atom is -0.383 e. The standard InChI is InChI=1S/C11H12BrClFNO2/c1-17-6-7(12)5-15-11(16)9-3-2-8(13)4-10(9)14/h2-4,7H,5-6H2,1H3,(H,15,16). The van der Waals surface area contributed by atoms with E-state index in [1.807, 2.05) is 0 Å². The third-order valence-corrected chi connectivity index (χ3v) is 2.83. The molecule has 1 unspecified atom stereocenters. The Labute approximate surface area is 112 Å². The van der Waals surface area contributed by atoms with Gasteiger partial charge in [-0.3, -0.25) is 4.79 Å². The summed E-state index contributed by atoms with van der Waals surface area (Å²) < 4.78 is 18.3. The summed E-state index contributed by atoms with van der Waals surface area (Å²) in [4.78, 5) is 11.6. The van der Waals surface area contributed by atoms with E-state index in [-0.39, 0.29) is 15.4 Å². The van der Waals surface area contributed by atoms with E-state index < -0.39 is 11.7 Å². The van der Waals surface area contributed by atoms with E-state index in [2.05, 4.69) is 21.2 Å². The minimum absolute atomic E-state index is 0.00758. The first-order valence-corrected chi connectivity index (χ1v) is 6.20. The largest absolute Gasteiger partial charge is 0.383 e. The summed E-state index contributed by atoms with van der Waals surface area (Å²) in [5.41, 5.74) is -0.0217. The highest BCUT2D eigenvalue weighted by molar-refractivity contribution is 9.09. The van der Waals surface area contributed by atoms with Crippen molar-refractivity contribution in [3.8, 4) is 0 Å². The van der Waals surface area contributed by atoms with Crippen LogP contribution in [-0.2, 0) is 4.74 Å². The molecule has 0 saturated heterocycles. The highest BCUT2D eigenvalue weighted by Gasteiger charge is 2.13. The molecule has 94 valence electrons. The maximum Gasteiger partial charge on any atom is 0.254 e. The van der Waals surface area contributed by atoms with Crippen molar-refractivity contribution >= 4 is 33.4 Å². The zero-order valence-corrected chi connectivity index (χ0v) is 11.5. The molecule has 6 heteroatoms. The number of amides is 1. The maximum absolute atomic E-state index is 13.4. The summed E-state index contributed by atoms with van der Waals surface area (Å²) in [5, 5.41) is 2.86. The fraction of sp³-hybridized carbons (Fsp3) is 0.364. The van der Waals surface area contributed by atoms with E-state index in [0.29, 0.717) is 13.2 Å². The second-order valence-electron chi connectivity index (χ2n) is 3.39. The number of rotatable bonds is 5. The highest BCUT2D eigenvalue weighted by atomic mass is 79.9. The van der Waals surface area contributed by atoms with Gasteiger partial charge in [0.05, 0.1) is 17.0 Å². The zero-order chi connectivity index (χ0) is 12.8. The normalized spacial score (nSPS) is 12.2. The molecule has 0 fully saturated rings. The first-order valence-electron chi connectivity index (χ1n) is 4.91. The molecule has 1 aromatic rings. The number of nitrogens with one attached hydrogen (secondary N) is 1. The molecule has 0 bridgehead atoms. The van der Waals surface area contributed by atoms with Crippen molar-refractivity contribution in [2.75, 3.05) is 20.3 Å². The van der Waals surface area contributed by atoms with Gasteiger partial charge in [0.25, 0.3) is 5.91 Å². The van der Waals surface area contributed by atoms with Crippen molar-refractivity contribution in [2.45, 2.75) is 4.83 Å². The molecule has 1 N–H and O–H groups in total. The van der Waals surface area contributed by atoms with Gasteiger partial charge in [0, 0.05) is 18.7 Å². The van der Waals surface area contributed by atoms with E-state index in [4.69, 9.17) is 16.3 Å². The monoisotopic (exact) mass is 323 g/mol. The van der Waals surface area contributed by atoms with Crippen LogP contribution in [-0.4, -0.2) is 31.0 Å². The van der Waals surface area contributed by atoms with E-state index in [1.165, 1.54) is 12.1 Å². The van der Waals surface area contributed by atoms with Crippen molar-refractivity contribution in [1.29, 1.82) is 0 Å². The molecule has 1 aromatic carbocycles. The second kappa shape index (κ2) is 6.93. The van der Waals surface area contributed by atoms with Gasteiger partial charge >= 0.3 is 0 Å². The van der Waals surface area contributed by atoms with Crippen LogP contribution in [0.5, 0.6) is 0 Å². The minimum atomic E-state index is -0.632. The highest BCUT2D eigenvalue weighted by Crippen LogP contribution is 2.14. The number of carbonyl (C=O) groups is 1. The molecule has 0 aliphatic rings. The third-order valence-electron chi connectivity index (χ3n) is 2.01. The van der Waals surface area contributed by atoms with Crippen LogP contribution in [0.3, 0.4) is 0 Å². The fourth-order valence-electron chi connectivity index (χ4n) is 1.21. The Bertz CT molecular complexity index is 403. The number of alkyl halides is 1. The lowest BCUT2D eigenvalue weighted by molar-refractivity contribution is 0.0946. The SMILES string of the molecule is COCC(Br)CNC(=O)c1ccc(Cl)cc1F. The van der Waals surface area contributed by atoms with Gasteiger partial charge in [-0.1, -0.05) is 27.5 Å². The molecule has 1 amide bonds. The lowest BCUT2D eigenvalue weighted by Crippen LogP contribution is -2.31. The Morgan fingerprint density at radius 1 is 1.65 bits per heavy atom. The van der Waals surface area contributed by atoms with E-state index in [9.17, 15) is 9.18 Å². The quantitative estimate of drug-likeness (QED) is 0.846. The van der Waals surface area contributed by atoms with Gasteiger partial charge in [0.2, 0.25) is 0 Å². The first kappa shape index (κ1) is 14.4. The Morgan fingerprint density at radius 3 is 2.94 bits per heavy atom. The molecule has 0 aliphatic carbocycles. The lowest BCUT2D eigenvalue weighted by atomic mass is 10.2. The lowest BCUT2D eigenvalue weighted by Gasteiger charge is -2.10. The maximum atomic E-state index is 13.4. The summed E-state index contributed by atoms with van der Waals surface area (Å²) in [6, 6.07) is 3.93. The number of hydrogen-bond donors (Lipinski definition) is 1. The molecular formula is C11H12BrClFNO2. The Hall–Kier alpha value is -0.650. The van der Waals surface area contributed by atoms with Gasteiger partial charge in [-0.2, -0.15) is 0 Å². The van der Waals surface area contributed by atoms with Crippen LogP contribution in [0.25, 0.3) is 0 Å². The molecule has 1 atom stereocenters. The smallest absolute Gasteiger partial charge is 0.254 e. The number of hydrogen-bond acceptors (Lipinski definition) is 2. The van der Waals surface area contributed by atoms with Crippen molar-refractivity contribution in [3.63, 3.8) is 0 Å². The summed E-state index contributed by atoms with van der Waals surface area (Å²) in [6.45, 7) is 0.818. The molecule has 0 spiro atoms. The number of halogens is 3. The molecule has 3 nitrogen and oxygen atoms in total. The van der Waals surface area contributed by atoms with Gasteiger partial charge in [-0.05, 0) is 18.2 Å². The van der Waals surface area contributed by atoms with Gasteiger partial charge in [-0.25, -0.2) is 4.39 Å². The van der Waals surface area contributed by atoms with Crippen LogP contribution in [0.15, 0.2) is 18.2 Å². The number of methoxy groups -OCH3 is 1. The van der Waals surface area contributed by atoms with Crippen LogP contribution in [0, 0.1) is 5.82 Å². The number of ether oxygens (including phenoxy) is 1. The van der Waals surface area contributed by atoms with Crippen LogP contribution in [0.2, 0.25) is 5.02 Å². The summed E-state index contributed by atoms with van der Waals surface area (Å²) >= 11 is 8.91. The molecular weight excluding hydrogens is 312 g/mol. The van der Waals surface area contributed by atoms with Gasteiger partial charge in [0.1, 0.15) is 5.82 Å². The topological polar surface area (TPSA) is 38.3 Å². The summed E-state index contributed by atoms with van der Waals surface area (Å²) in [5.74, 6) is -1.10. The van der Waals surface area contributed by atoms with Crippen molar-refractivity contribution in [1.82, 2.24) is 5.32 Å². The van der Waals surface area contributed by atoms with Crippen molar-refractivity contribution < 1.29 is 13.9 Å². The predicted molar refractivity (Wildman–Crippen MR) is 68.3 cm³/mol. The molecule has 0 aromatic heterocycles. The molecule has 17 heavy (non-hydrogen) atoms. The summed E-state index contributed by atoms with van der Waals surface area (Å²) in [7, 11) is 1.56. The van der Waals surface area contributed by atoms with E-state index in [1.54, 1.807) is 7.11 Å². The van der Waals surface area contributed by atoms with Crippen LogP contribution in [0.1, 0.15) is 10.4 Å². The van der Waals surface area contributed by atoms with Crippen LogP contribution < -0.4 is 5.32 Å². The average molecular weight is 325 g/mol. The third kappa shape index (κ3) is 4.61. The van der Waals surface area contributed by atoms with Gasteiger partial charge < -0.3 is 10.1 Å². The van der Waals surface area contributed by atoms with E-state index in [0.717, 1.165) is 6.07 Å². The van der Waals surface area contributed by atoms with Crippen LogP contribution >= 0.6 is 27.5 Å². The van der Waals surface area contributed by atoms with Crippen LogP contribution in [0.4, 0.5) is 4.39 Å². The van der Waals surface area contributed by atoms with Gasteiger partial charge in [-0.15, -0.1) is 0 Å². The molecule has 0 heterocycles. The second-order valence-corrected chi connectivity index (χ2v) is 5.12. The van der Waals surface area contributed by atoms with Gasteiger partial charge in [0.15, 0.2) is 0 Å². The Morgan fingerprint density at radius 2 is 2.35 bits per heavy atom. The van der Waals surface area contributed by atoms with E-state index >= 15 is 0 Å².